The zero-order chi connectivity index (χ0) is 22.0. The van der Waals surface area contributed by atoms with Crippen molar-refractivity contribution < 1.29 is 9.50 Å². The molecule has 3 N–H and O–H groups in total. The fraction of sp³-hybridized carbons (Fsp3) is 0.591. The van der Waals surface area contributed by atoms with Gasteiger partial charge in [0.25, 0.3) is 0 Å². The molecule has 6 heteroatoms. The minimum atomic E-state index is -0.358. The third-order valence-electron chi connectivity index (χ3n) is 3.16. The molecular formula is C22H41FN2O2S. The molecule has 1 heterocycles. The van der Waals surface area contributed by atoms with Gasteiger partial charge in [-0.3, -0.25) is 4.79 Å². The van der Waals surface area contributed by atoms with E-state index in [1.54, 1.807) is 30.1 Å². The van der Waals surface area contributed by atoms with Crippen LogP contribution in [0.3, 0.4) is 0 Å². The Hall–Kier alpha value is -1.37. The molecular weight excluding hydrogens is 375 g/mol. The first-order chi connectivity index (χ1) is 13.7. The predicted octanol–water partition coefficient (Wildman–Crippen LogP) is 5.36. The van der Waals surface area contributed by atoms with E-state index in [2.05, 4.69) is 24.1 Å². The maximum Gasteiger partial charge on any atom is 0.247 e. The molecule has 0 saturated carbocycles. The minimum absolute atomic E-state index is 0.0453. The molecule has 0 saturated heterocycles. The first kappa shape index (κ1) is 31.3. The van der Waals surface area contributed by atoms with E-state index in [4.69, 9.17) is 5.11 Å². The Kier molecular flexibility index (Phi) is 31.2. The topological polar surface area (TPSA) is 65.1 Å². The number of aromatic amines is 1. The number of thioether (sulfide) groups is 1. The molecule has 28 heavy (non-hydrogen) atoms. The summed E-state index contributed by atoms with van der Waals surface area (Å²) in [5, 5.41) is 10.2. The van der Waals surface area contributed by atoms with Gasteiger partial charge < -0.3 is 15.4 Å². The van der Waals surface area contributed by atoms with Crippen molar-refractivity contribution in [1.82, 2.24) is 10.3 Å². The number of unbranched alkanes of at least 4 members (excludes halogenated alkanes) is 1. The van der Waals surface area contributed by atoms with Crippen LogP contribution in [-0.4, -0.2) is 42.7 Å². The highest BCUT2D eigenvalue weighted by Gasteiger charge is 1.92. The van der Waals surface area contributed by atoms with E-state index >= 15 is 0 Å². The Morgan fingerprint density at radius 3 is 2.43 bits per heavy atom. The van der Waals surface area contributed by atoms with E-state index < -0.39 is 0 Å². The third kappa shape index (κ3) is 22.7. The molecule has 0 aliphatic heterocycles. The number of pyridine rings is 1. The lowest BCUT2D eigenvalue weighted by Crippen LogP contribution is -2.15. The molecule has 0 spiro atoms. The Morgan fingerprint density at radius 1 is 1.29 bits per heavy atom. The van der Waals surface area contributed by atoms with Gasteiger partial charge in [-0.25, -0.2) is 4.39 Å². The number of aliphatic hydroxyl groups is 1. The lowest BCUT2D eigenvalue weighted by atomic mass is 10.1. The molecule has 164 valence electrons. The first-order valence-corrected chi connectivity index (χ1v) is 11.0. The van der Waals surface area contributed by atoms with E-state index in [-0.39, 0.29) is 12.2 Å². The van der Waals surface area contributed by atoms with Crippen molar-refractivity contribution in [3.05, 3.63) is 52.5 Å². The maximum absolute atomic E-state index is 11.7. The third-order valence-corrected chi connectivity index (χ3v) is 4.16. The lowest BCUT2D eigenvalue weighted by molar-refractivity contribution is 0.399. The van der Waals surface area contributed by atoms with Crippen molar-refractivity contribution in [2.75, 3.05) is 32.6 Å². The van der Waals surface area contributed by atoms with Crippen molar-refractivity contribution in [2.24, 2.45) is 0 Å². The summed E-state index contributed by atoms with van der Waals surface area (Å²) in [5.41, 5.74) is 1.19. The van der Waals surface area contributed by atoms with E-state index in [0.29, 0.717) is 0 Å². The van der Waals surface area contributed by atoms with E-state index in [0.717, 1.165) is 37.3 Å². The lowest BCUT2D eigenvalue weighted by Gasteiger charge is -2.00. The van der Waals surface area contributed by atoms with Gasteiger partial charge in [0.2, 0.25) is 5.56 Å². The van der Waals surface area contributed by atoms with Crippen molar-refractivity contribution in [3.63, 3.8) is 0 Å². The number of aromatic nitrogens is 1. The number of rotatable bonds is 10. The van der Waals surface area contributed by atoms with Crippen LogP contribution in [0.5, 0.6) is 0 Å². The van der Waals surface area contributed by atoms with Gasteiger partial charge in [-0.05, 0) is 32.4 Å². The number of halogens is 1. The van der Waals surface area contributed by atoms with Gasteiger partial charge in [0.15, 0.2) is 0 Å². The zero-order valence-corrected chi connectivity index (χ0v) is 19.4. The molecule has 0 aliphatic carbocycles. The van der Waals surface area contributed by atoms with Crippen LogP contribution in [0, 0.1) is 0 Å². The molecule has 1 aromatic heterocycles. The van der Waals surface area contributed by atoms with Gasteiger partial charge in [-0.1, -0.05) is 57.9 Å². The Morgan fingerprint density at radius 2 is 1.96 bits per heavy atom. The van der Waals surface area contributed by atoms with Crippen LogP contribution in [0.1, 0.15) is 53.9 Å². The van der Waals surface area contributed by atoms with Crippen molar-refractivity contribution in [3.8, 4) is 0 Å². The summed E-state index contributed by atoms with van der Waals surface area (Å²) >= 11 is 1.74. The molecule has 0 atom stereocenters. The largest absolute Gasteiger partial charge is 0.400 e. The van der Waals surface area contributed by atoms with Crippen LogP contribution in [0.2, 0.25) is 0 Å². The van der Waals surface area contributed by atoms with Gasteiger partial charge in [0, 0.05) is 36.6 Å². The van der Waals surface area contributed by atoms with Gasteiger partial charge in [-0.15, -0.1) is 11.8 Å². The fourth-order valence-electron chi connectivity index (χ4n) is 1.80. The Bertz CT molecular complexity index is 511. The summed E-state index contributed by atoms with van der Waals surface area (Å²) in [6.45, 7) is 11.9. The number of H-pyrrole nitrogens is 1. The number of hydrogen-bond donors (Lipinski definition) is 3. The summed E-state index contributed by atoms with van der Waals surface area (Å²) in [6.07, 6.45) is 10.7. The minimum Gasteiger partial charge on any atom is -0.400 e. The maximum atomic E-state index is 11.7. The highest BCUT2D eigenvalue weighted by molar-refractivity contribution is 7.99. The summed E-state index contributed by atoms with van der Waals surface area (Å²) in [6, 6.07) is 3.39. The first-order valence-electron chi connectivity index (χ1n) is 10.0. The SMILES string of the molecule is C/C=C(\C=C/CF)CCCC.CC.CCNCCSc1ccc(=O)[nH]c1.CO. The fourth-order valence-corrected chi connectivity index (χ4v) is 2.59. The van der Waals surface area contributed by atoms with Gasteiger partial charge >= 0.3 is 0 Å². The number of hydrogen-bond acceptors (Lipinski definition) is 4. The number of alkyl halides is 1. The zero-order valence-electron chi connectivity index (χ0n) is 18.6. The smallest absolute Gasteiger partial charge is 0.247 e. The van der Waals surface area contributed by atoms with Crippen molar-refractivity contribution in [1.29, 1.82) is 0 Å². The Balaban J connectivity index is -0.000000383. The highest BCUT2D eigenvalue weighted by Crippen LogP contribution is 2.13. The van der Waals surface area contributed by atoms with Crippen LogP contribution in [0.4, 0.5) is 4.39 Å². The average Bonchev–Trinajstić information content (AvgIpc) is 2.76. The summed E-state index contributed by atoms with van der Waals surface area (Å²) in [4.78, 5) is 14.5. The predicted molar refractivity (Wildman–Crippen MR) is 124 cm³/mol. The van der Waals surface area contributed by atoms with Crippen LogP contribution < -0.4 is 10.9 Å². The molecule has 0 unspecified atom stereocenters. The van der Waals surface area contributed by atoms with Crippen LogP contribution in [-0.2, 0) is 0 Å². The van der Waals surface area contributed by atoms with Crippen LogP contribution in [0.15, 0.2) is 51.8 Å². The second-order valence-corrected chi connectivity index (χ2v) is 6.28. The van der Waals surface area contributed by atoms with Crippen LogP contribution in [0.25, 0.3) is 0 Å². The molecule has 4 nitrogen and oxygen atoms in total. The van der Waals surface area contributed by atoms with E-state index in [1.165, 1.54) is 18.4 Å². The molecule has 0 amide bonds. The molecule has 0 radical (unpaired) electrons. The van der Waals surface area contributed by atoms with E-state index in [9.17, 15) is 9.18 Å². The van der Waals surface area contributed by atoms with Crippen molar-refractivity contribution in [2.45, 2.75) is 58.8 Å². The standard InChI is InChI=1S/C10H17F.C9H14N2OS.C2H6.CH4O/c1-3-5-7-10(4-2)8-6-9-11;1-2-10-5-6-13-8-3-4-9(12)11-7-8;2*1-2/h4,6,8H,3,5,7,9H2,1-2H3;3-4,7,10H,2,5-6H2,1H3,(H,11,12);1-2H3;2H,1H3/b8-6-,10-4-;;;. The monoisotopic (exact) mass is 416 g/mol. The molecule has 0 aromatic carbocycles. The summed E-state index contributed by atoms with van der Waals surface area (Å²) in [5.74, 6) is 1.03. The quantitative estimate of drug-likeness (QED) is 0.273. The second kappa shape index (κ2) is 27.8. The van der Waals surface area contributed by atoms with Gasteiger partial charge in [0.1, 0.15) is 6.67 Å². The summed E-state index contributed by atoms with van der Waals surface area (Å²) in [7, 11) is 1.00. The van der Waals surface area contributed by atoms with Gasteiger partial charge in [-0.2, -0.15) is 0 Å². The molecule has 0 aliphatic rings. The Labute approximate surface area is 175 Å². The average molecular weight is 417 g/mol. The molecule has 0 fully saturated rings. The molecule has 1 aromatic rings. The highest BCUT2D eigenvalue weighted by atomic mass is 32.2. The molecule has 0 bridgehead atoms. The normalized spacial score (nSPS) is 10.2. The van der Waals surface area contributed by atoms with Crippen LogP contribution >= 0.6 is 11.8 Å². The molecule has 1 rings (SSSR count). The van der Waals surface area contributed by atoms with E-state index in [1.807, 2.05) is 39.0 Å². The number of nitrogens with one attached hydrogen (secondary N) is 2. The second-order valence-electron chi connectivity index (χ2n) is 5.11. The number of aliphatic hydroxyl groups excluding tert-OH is 1. The number of allylic oxidation sites excluding steroid dienone is 4. The summed E-state index contributed by atoms with van der Waals surface area (Å²) < 4.78 is 11.7. The van der Waals surface area contributed by atoms with Gasteiger partial charge in [0.05, 0.1) is 0 Å². The van der Waals surface area contributed by atoms with Crippen molar-refractivity contribution >= 4 is 11.8 Å².